The summed E-state index contributed by atoms with van der Waals surface area (Å²) in [6.07, 6.45) is 46.4. The van der Waals surface area contributed by atoms with Gasteiger partial charge in [0, 0.05) is 6.42 Å². The van der Waals surface area contributed by atoms with E-state index < -0.39 is 26.6 Å². The van der Waals surface area contributed by atoms with Crippen molar-refractivity contribution in [1.82, 2.24) is 5.32 Å². The highest BCUT2D eigenvalue weighted by Crippen LogP contribution is 2.38. The lowest BCUT2D eigenvalue weighted by atomic mass is 10.0. The molecule has 0 aromatic rings. The highest BCUT2D eigenvalue weighted by Gasteiger charge is 2.23. The SMILES string of the molecule is CCCCCCCCCCCCCCCC/C=C/CC/C=C/CC/C=C/C(O)C(COP(=O)([O-])OCC[N+](C)(C)C)NC(=O)CCCCCCCCCCC. The molecule has 0 rings (SSSR count). The number of aliphatic hydroxyl groups excluding tert-OH is 1. The van der Waals surface area contributed by atoms with Gasteiger partial charge in [-0.1, -0.05) is 185 Å². The molecule has 0 saturated carbocycles. The van der Waals surface area contributed by atoms with Gasteiger partial charge in [-0.15, -0.1) is 0 Å². The standard InChI is InChI=1S/C46H89N2O6P/c1-6-8-10-12-14-16-17-18-19-20-21-22-23-24-25-26-27-28-29-30-32-33-35-37-39-45(49)44(43-54-55(51,52)53-42-41-48(3,4)5)47-46(50)40-38-36-34-31-15-13-11-9-7-2/h26-27,30,32,37,39,44-45,49H,6-25,28-29,31,33-36,38,40-43H2,1-5H3,(H-,47,50,51,52)/b27-26+,32-30+,39-37+. The average molecular weight is 797 g/mol. The van der Waals surface area contributed by atoms with Gasteiger partial charge in [0.25, 0.3) is 7.82 Å². The molecule has 8 nitrogen and oxygen atoms in total. The Morgan fingerprint density at radius 3 is 1.47 bits per heavy atom. The number of carbonyl (C=O) groups is 1. The molecule has 0 aliphatic carbocycles. The molecule has 0 aromatic heterocycles. The number of rotatable bonds is 41. The number of allylic oxidation sites excluding steroid dienone is 5. The van der Waals surface area contributed by atoms with Crippen LogP contribution in [-0.2, 0) is 18.4 Å². The topological polar surface area (TPSA) is 108 Å². The zero-order valence-corrected chi connectivity index (χ0v) is 37.5. The van der Waals surface area contributed by atoms with Gasteiger partial charge >= 0.3 is 0 Å². The van der Waals surface area contributed by atoms with Crippen LogP contribution in [0.5, 0.6) is 0 Å². The number of carbonyl (C=O) groups excluding carboxylic acids is 1. The lowest BCUT2D eigenvalue weighted by Crippen LogP contribution is -2.45. The van der Waals surface area contributed by atoms with Crippen molar-refractivity contribution in [2.45, 2.75) is 212 Å². The third-order valence-electron chi connectivity index (χ3n) is 10.1. The maximum absolute atomic E-state index is 12.8. The van der Waals surface area contributed by atoms with Crippen molar-refractivity contribution in [2.75, 3.05) is 40.9 Å². The van der Waals surface area contributed by atoms with E-state index in [2.05, 4.69) is 43.5 Å². The van der Waals surface area contributed by atoms with E-state index in [-0.39, 0.29) is 12.5 Å². The fourth-order valence-corrected chi connectivity index (χ4v) is 7.14. The van der Waals surface area contributed by atoms with Gasteiger partial charge in [0.1, 0.15) is 13.2 Å². The quantitative estimate of drug-likeness (QED) is 0.0276. The Balaban J connectivity index is 4.34. The smallest absolute Gasteiger partial charge is 0.268 e. The van der Waals surface area contributed by atoms with Crippen LogP contribution >= 0.6 is 7.82 Å². The molecule has 9 heteroatoms. The van der Waals surface area contributed by atoms with E-state index in [1.807, 2.05) is 27.2 Å². The molecule has 0 spiro atoms. The molecule has 0 aliphatic rings. The van der Waals surface area contributed by atoms with Crippen LogP contribution in [0.2, 0.25) is 0 Å². The normalized spacial score (nSPS) is 14.7. The van der Waals surface area contributed by atoms with Gasteiger partial charge in [-0.2, -0.15) is 0 Å². The summed E-state index contributed by atoms with van der Waals surface area (Å²) in [7, 11) is 1.24. The maximum atomic E-state index is 12.8. The lowest BCUT2D eigenvalue weighted by molar-refractivity contribution is -0.870. The molecule has 55 heavy (non-hydrogen) atoms. The van der Waals surface area contributed by atoms with E-state index in [0.29, 0.717) is 17.4 Å². The fourth-order valence-electron chi connectivity index (χ4n) is 6.42. The molecule has 2 N–H and O–H groups in total. The van der Waals surface area contributed by atoms with E-state index in [4.69, 9.17) is 9.05 Å². The third-order valence-corrected chi connectivity index (χ3v) is 11.0. The minimum Gasteiger partial charge on any atom is -0.756 e. The number of nitrogens with one attached hydrogen (secondary N) is 1. The zero-order valence-electron chi connectivity index (χ0n) is 36.6. The number of hydrogen-bond acceptors (Lipinski definition) is 6. The molecule has 0 radical (unpaired) electrons. The summed E-state index contributed by atoms with van der Waals surface area (Å²) in [6, 6.07) is -0.904. The van der Waals surface area contributed by atoms with Crippen molar-refractivity contribution in [3.8, 4) is 0 Å². The first-order valence-corrected chi connectivity index (χ1v) is 24.3. The highest BCUT2D eigenvalue weighted by molar-refractivity contribution is 7.45. The summed E-state index contributed by atoms with van der Waals surface area (Å²) in [4.78, 5) is 25.2. The van der Waals surface area contributed by atoms with Crippen LogP contribution in [0.3, 0.4) is 0 Å². The summed E-state index contributed by atoms with van der Waals surface area (Å²) in [5, 5.41) is 13.7. The number of phosphoric acid groups is 1. The van der Waals surface area contributed by atoms with E-state index in [1.54, 1.807) is 6.08 Å². The lowest BCUT2D eigenvalue weighted by Gasteiger charge is -2.29. The Bertz CT molecular complexity index is 995. The fraction of sp³-hybridized carbons (Fsp3) is 0.848. The first-order chi connectivity index (χ1) is 26.5. The number of unbranched alkanes of at least 4 members (excludes halogenated alkanes) is 24. The molecule has 3 atom stereocenters. The van der Waals surface area contributed by atoms with Gasteiger partial charge in [-0.25, -0.2) is 0 Å². The van der Waals surface area contributed by atoms with Gasteiger partial charge < -0.3 is 28.8 Å². The van der Waals surface area contributed by atoms with E-state index in [9.17, 15) is 19.4 Å². The van der Waals surface area contributed by atoms with Gasteiger partial charge in [0.2, 0.25) is 5.91 Å². The molecule has 1 amide bonds. The third kappa shape index (κ3) is 40.7. The Morgan fingerprint density at radius 2 is 1.02 bits per heavy atom. The second-order valence-corrected chi connectivity index (χ2v) is 18.2. The second kappa shape index (κ2) is 38.2. The van der Waals surface area contributed by atoms with Gasteiger partial charge in [-0.05, 0) is 44.9 Å². The average Bonchev–Trinajstić information content (AvgIpc) is 3.13. The monoisotopic (exact) mass is 797 g/mol. The van der Waals surface area contributed by atoms with Crippen molar-refractivity contribution >= 4 is 13.7 Å². The molecular weight excluding hydrogens is 707 g/mol. The maximum Gasteiger partial charge on any atom is 0.268 e. The van der Waals surface area contributed by atoms with E-state index >= 15 is 0 Å². The number of amides is 1. The van der Waals surface area contributed by atoms with E-state index in [0.717, 1.165) is 44.9 Å². The number of phosphoric ester groups is 1. The molecule has 0 aliphatic heterocycles. The van der Waals surface area contributed by atoms with Crippen molar-refractivity contribution < 1.29 is 32.9 Å². The molecule has 0 heterocycles. The van der Waals surface area contributed by atoms with Gasteiger partial charge in [0.05, 0.1) is 39.9 Å². The number of nitrogens with zero attached hydrogens (tertiary/aromatic N) is 1. The molecule has 0 aromatic carbocycles. The van der Waals surface area contributed by atoms with Gasteiger partial charge in [0.15, 0.2) is 0 Å². The summed E-state index contributed by atoms with van der Waals surface area (Å²) in [5.74, 6) is -0.216. The minimum atomic E-state index is -4.59. The summed E-state index contributed by atoms with van der Waals surface area (Å²) >= 11 is 0. The van der Waals surface area contributed by atoms with Crippen molar-refractivity contribution in [3.05, 3.63) is 36.5 Å². The predicted molar refractivity (Wildman–Crippen MR) is 233 cm³/mol. The van der Waals surface area contributed by atoms with Crippen LogP contribution in [-0.4, -0.2) is 68.5 Å². The highest BCUT2D eigenvalue weighted by atomic mass is 31.2. The van der Waals surface area contributed by atoms with Crippen LogP contribution in [0.15, 0.2) is 36.5 Å². The molecular formula is C46H89N2O6P. The van der Waals surface area contributed by atoms with Crippen molar-refractivity contribution in [1.29, 1.82) is 0 Å². The number of aliphatic hydroxyl groups is 1. The van der Waals surface area contributed by atoms with Gasteiger partial charge in [-0.3, -0.25) is 9.36 Å². The minimum absolute atomic E-state index is 0.00823. The van der Waals surface area contributed by atoms with Crippen LogP contribution in [0, 0.1) is 0 Å². The first kappa shape index (κ1) is 53.7. The van der Waals surface area contributed by atoms with Crippen molar-refractivity contribution in [2.24, 2.45) is 0 Å². The second-order valence-electron chi connectivity index (χ2n) is 16.7. The molecule has 0 fully saturated rings. The molecule has 0 saturated heterocycles. The first-order valence-electron chi connectivity index (χ1n) is 22.9. The largest absolute Gasteiger partial charge is 0.756 e. The summed E-state index contributed by atoms with van der Waals surface area (Å²) < 4.78 is 23.1. The number of hydrogen-bond donors (Lipinski definition) is 2. The number of quaternary nitrogens is 1. The number of likely N-dealkylation sites (N-methyl/N-ethyl adjacent to an activating group) is 1. The molecule has 0 bridgehead atoms. The Morgan fingerprint density at radius 1 is 0.618 bits per heavy atom. The Kier molecular flexibility index (Phi) is 37.4. The van der Waals surface area contributed by atoms with Crippen LogP contribution in [0.4, 0.5) is 0 Å². The zero-order chi connectivity index (χ0) is 40.7. The summed E-state index contributed by atoms with van der Waals surface area (Å²) in [6.45, 7) is 4.59. The van der Waals surface area contributed by atoms with Crippen LogP contribution < -0.4 is 10.2 Å². The molecule has 324 valence electrons. The van der Waals surface area contributed by atoms with Crippen LogP contribution in [0.25, 0.3) is 0 Å². The van der Waals surface area contributed by atoms with E-state index in [1.165, 1.54) is 135 Å². The predicted octanol–water partition coefficient (Wildman–Crippen LogP) is 12.1. The molecule has 3 unspecified atom stereocenters. The van der Waals surface area contributed by atoms with Crippen molar-refractivity contribution in [3.63, 3.8) is 0 Å². The van der Waals surface area contributed by atoms with Crippen LogP contribution in [0.1, 0.15) is 200 Å². The Labute approximate surface area is 340 Å². The Hall–Kier alpha value is -1.28. The summed E-state index contributed by atoms with van der Waals surface area (Å²) in [5.41, 5.74) is 0.